The average molecular weight is 459 g/mol. The molecule has 1 aliphatic heterocycles. The van der Waals surface area contributed by atoms with Crippen molar-refractivity contribution in [3.63, 3.8) is 0 Å². The lowest BCUT2D eigenvalue weighted by molar-refractivity contribution is -0.144. The first kappa shape index (κ1) is 21.9. The molecular weight excluding hydrogens is 427 g/mol. The predicted octanol–water partition coefficient (Wildman–Crippen LogP) is 5.83. The normalized spacial score (nSPS) is 40.8. The molecule has 6 heteroatoms. The van der Waals surface area contributed by atoms with Crippen LogP contribution in [0.25, 0.3) is 0 Å². The minimum Gasteiger partial charge on any atom is -0.336 e. The van der Waals surface area contributed by atoms with Crippen molar-refractivity contribution in [2.75, 3.05) is 12.4 Å². The molecule has 0 spiro atoms. The maximum absolute atomic E-state index is 14.6. The Bertz CT molecular complexity index is 996. The number of halogens is 2. The van der Waals surface area contributed by atoms with Crippen LogP contribution in [0.5, 0.6) is 0 Å². The fraction of sp³-hybridized carbons (Fsp3) is 0.615. The molecule has 4 nitrogen and oxygen atoms in total. The molecule has 5 rings (SSSR count). The van der Waals surface area contributed by atoms with Crippen molar-refractivity contribution in [2.24, 2.45) is 34.5 Å². The number of hydrogen-bond donors (Lipinski definition) is 1. The van der Waals surface area contributed by atoms with Gasteiger partial charge in [0, 0.05) is 24.4 Å². The number of likely N-dealkylation sites (N-methyl/N-ethyl adjacent to an activating group) is 1. The Labute approximate surface area is 194 Å². The van der Waals surface area contributed by atoms with E-state index in [1.807, 2.05) is 18.2 Å². The maximum atomic E-state index is 14.6. The molecule has 1 N–H and O–H groups in total. The summed E-state index contributed by atoms with van der Waals surface area (Å²) in [6.45, 7) is 4.44. The lowest BCUT2D eigenvalue weighted by atomic mass is 9.47. The highest BCUT2D eigenvalue weighted by Crippen LogP contribution is 2.65. The Hall–Kier alpha value is -1.88. The Balaban J connectivity index is 1.40. The lowest BCUT2D eigenvalue weighted by Crippen LogP contribution is -2.60. The number of fused-ring (bicyclic) bond motifs is 5. The summed E-state index contributed by atoms with van der Waals surface area (Å²) < 4.78 is 14.6. The fourth-order valence-corrected chi connectivity index (χ4v) is 8.23. The van der Waals surface area contributed by atoms with Crippen molar-refractivity contribution in [1.29, 1.82) is 0 Å². The summed E-state index contributed by atoms with van der Waals surface area (Å²) in [6, 6.07) is 7.43. The standard InChI is InChI=1S/C26H32ClFN2O2/c1-25-13-12-17-15(8-11-22-26(17,2)14-20(28)24(32)30(22)3)16(25)9-10-18(25)23(31)29-21-7-5-4-6-19(21)27/h4-7,14-18,22H,8-13H2,1-3H3,(H,29,31)/t15-,16-,17+,18?,22?,25-,26+/m0/s1. The first-order chi connectivity index (χ1) is 15.2. The van der Waals surface area contributed by atoms with Gasteiger partial charge >= 0.3 is 0 Å². The molecule has 0 saturated heterocycles. The van der Waals surface area contributed by atoms with E-state index in [2.05, 4.69) is 19.2 Å². The third-order valence-corrected chi connectivity index (χ3v) is 9.94. The van der Waals surface area contributed by atoms with E-state index in [1.165, 1.54) is 0 Å². The molecule has 3 aliphatic carbocycles. The molecule has 0 bridgehead atoms. The van der Waals surface area contributed by atoms with E-state index in [-0.39, 0.29) is 28.7 Å². The van der Waals surface area contributed by atoms with E-state index in [1.54, 1.807) is 24.1 Å². The van der Waals surface area contributed by atoms with E-state index >= 15 is 0 Å². The van der Waals surface area contributed by atoms with E-state index in [4.69, 9.17) is 11.6 Å². The van der Waals surface area contributed by atoms with Gasteiger partial charge in [-0.1, -0.05) is 37.6 Å². The van der Waals surface area contributed by atoms with Crippen molar-refractivity contribution in [3.05, 3.63) is 41.2 Å². The van der Waals surface area contributed by atoms with Gasteiger partial charge in [-0.2, -0.15) is 0 Å². The van der Waals surface area contributed by atoms with Gasteiger partial charge < -0.3 is 10.2 Å². The van der Waals surface area contributed by atoms with Crippen LogP contribution in [-0.4, -0.2) is 29.8 Å². The summed E-state index contributed by atoms with van der Waals surface area (Å²) in [5.74, 6) is 0.172. The Kier molecular flexibility index (Phi) is 5.20. The molecule has 172 valence electrons. The zero-order chi connectivity index (χ0) is 22.8. The van der Waals surface area contributed by atoms with Gasteiger partial charge in [-0.3, -0.25) is 9.59 Å². The summed E-state index contributed by atoms with van der Waals surface area (Å²) in [7, 11) is 1.75. The number of anilines is 1. The summed E-state index contributed by atoms with van der Waals surface area (Å²) >= 11 is 6.27. The zero-order valence-electron chi connectivity index (χ0n) is 19.0. The number of nitrogens with zero attached hydrogens (tertiary/aromatic N) is 1. The van der Waals surface area contributed by atoms with Crippen molar-refractivity contribution in [1.82, 2.24) is 4.90 Å². The van der Waals surface area contributed by atoms with Gasteiger partial charge in [0.25, 0.3) is 5.91 Å². The Morgan fingerprint density at radius 3 is 2.62 bits per heavy atom. The topological polar surface area (TPSA) is 49.4 Å². The second-order valence-electron chi connectivity index (χ2n) is 10.9. The van der Waals surface area contributed by atoms with E-state index in [0.717, 1.165) is 38.5 Å². The molecule has 2 amide bonds. The van der Waals surface area contributed by atoms with E-state index in [9.17, 15) is 14.0 Å². The first-order valence-electron chi connectivity index (χ1n) is 11.9. The maximum Gasteiger partial charge on any atom is 0.282 e. The number of carbonyl (C=O) groups is 2. The molecule has 2 unspecified atom stereocenters. The summed E-state index contributed by atoms with van der Waals surface area (Å²) in [5.41, 5.74) is 0.270. The van der Waals surface area contributed by atoms with Crippen molar-refractivity contribution < 1.29 is 14.0 Å². The highest BCUT2D eigenvalue weighted by atomic mass is 35.5. The molecule has 0 radical (unpaired) electrons. The third-order valence-electron chi connectivity index (χ3n) is 9.61. The van der Waals surface area contributed by atoms with Gasteiger partial charge in [0.05, 0.1) is 10.7 Å². The quantitative estimate of drug-likeness (QED) is 0.606. The molecule has 1 aromatic rings. The molecule has 1 heterocycles. The monoisotopic (exact) mass is 458 g/mol. The first-order valence-corrected chi connectivity index (χ1v) is 12.3. The van der Waals surface area contributed by atoms with Gasteiger partial charge in [-0.15, -0.1) is 0 Å². The van der Waals surface area contributed by atoms with Crippen LogP contribution in [-0.2, 0) is 9.59 Å². The fourth-order valence-electron chi connectivity index (χ4n) is 8.04. The third kappa shape index (κ3) is 3.07. The van der Waals surface area contributed by atoms with Crippen LogP contribution in [0.4, 0.5) is 10.1 Å². The van der Waals surface area contributed by atoms with Crippen molar-refractivity contribution in [2.45, 2.75) is 58.4 Å². The Morgan fingerprint density at radius 2 is 1.88 bits per heavy atom. The number of benzene rings is 1. The largest absolute Gasteiger partial charge is 0.336 e. The number of nitrogens with one attached hydrogen (secondary N) is 1. The van der Waals surface area contributed by atoms with Crippen molar-refractivity contribution in [3.8, 4) is 0 Å². The molecule has 4 aliphatic rings. The number of hydrogen-bond acceptors (Lipinski definition) is 2. The summed E-state index contributed by atoms with van der Waals surface area (Å²) in [6.07, 6.45) is 7.39. The van der Waals surface area contributed by atoms with Gasteiger partial charge in [0.1, 0.15) is 0 Å². The van der Waals surface area contributed by atoms with Gasteiger partial charge in [0.2, 0.25) is 5.91 Å². The van der Waals surface area contributed by atoms with Crippen LogP contribution in [0.2, 0.25) is 5.02 Å². The predicted molar refractivity (Wildman–Crippen MR) is 124 cm³/mol. The molecule has 32 heavy (non-hydrogen) atoms. The minimum absolute atomic E-state index is 0.0434. The number of carbonyl (C=O) groups excluding carboxylic acids is 2. The van der Waals surface area contributed by atoms with Gasteiger partial charge in [-0.25, -0.2) is 4.39 Å². The molecule has 3 saturated carbocycles. The van der Waals surface area contributed by atoms with E-state index in [0.29, 0.717) is 28.5 Å². The van der Waals surface area contributed by atoms with Crippen LogP contribution in [0.1, 0.15) is 52.4 Å². The highest BCUT2D eigenvalue weighted by Gasteiger charge is 2.62. The molecule has 0 aromatic heterocycles. The van der Waals surface area contributed by atoms with Crippen molar-refractivity contribution >= 4 is 29.1 Å². The highest BCUT2D eigenvalue weighted by molar-refractivity contribution is 6.33. The molecular formula is C26H32ClFN2O2. The molecule has 1 aromatic carbocycles. The lowest BCUT2D eigenvalue weighted by Gasteiger charge is -2.60. The smallest absolute Gasteiger partial charge is 0.282 e. The second kappa shape index (κ2) is 7.58. The summed E-state index contributed by atoms with van der Waals surface area (Å²) in [5, 5.41) is 3.63. The van der Waals surface area contributed by atoms with E-state index < -0.39 is 11.7 Å². The number of para-hydroxylation sites is 1. The van der Waals surface area contributed by atoms with Gasteiger partial charge in [0.15, 0.2) is 5.83 Å². The molecule has 7 atom stereocenters. The molecule has 3 fully saturated rings. The zero-order valence-corrected chi connectivity index (χ0v) is 19.8. The van der Waals surface area contributed by atoms with Crippen LogP contribution in [0, 0.1) is 34.5 Å². The average Bonchev–Trinajstić information content (AvgIpc) is 3.11. The minimum atomic E-state index is -0.608. The Morgan fingerprint density at radius 1 is 1.12 bits per heavy atom. The summed E-state index contributed by atoms with van der Waals surface area (Å²) in [4.78, 5) is 27.2. The van der Waals surface area contributed by atoms with Crippen LogP contribution < -0.4 is 5.32 Å². The SMILES string of the molecule is CN1C(=O)C(F)=C[C@@]2(C)C1CC[C@@H]1[C@H]2CC[C@]2(C)C(C(=O)Nc3ccccc3Cl)CC[C@@H]12. The van der Waals surface area contributed by atoms with Gasteiger partial charge in [-0.05, 0) is 79.9 Å². The van der Waals surface area contributed by atoms with Crippen LogP contribution in [0.3, 0.4) is 0 Å². The van der Waals surface area contributed by atoms with Crippen LogP contribution >= 0.6 is 11.6 Å². The number of rotatable bonds is 2. The second-order valence-corrected chi connectivity index (χ2v) is 11.3. The van der Waals surface area contributed by atoms with Crippen LogP contribution in [0.15, 0.2) is 36.2 Å². The number of amides is 2.